The zero-order valence-corrected chi connectivity index (χ0v) is 13.9. The van der Waals surface area contributed by atoms with E-state index >= 15 is 0 Å². The van der Waals surface area contributed by atoms with Crippen LogP contribution in [0.15, 0.2) is 36.7 Å². The van der Waals surface area contributed by atoms with Crippen LogP contribution in [-0.4, -0.2) is 39.7 Å². The monoisotopic (exact) mass is 366 g/mol. The number of hydrogen-bond acceptors (Lipinski definition) is 3. The van der Waals surface area contributed by atoms with Crippen molar-refractivity contribution < 1.29 is 22.4 Å². The number of carbonyl (C=O) groups excluding carboxylic acids is 1. The molecule has 136 valence electrons. The third-order valence-electron chi connectivity index (χ3n) is 3.89. The van der Waals surface area contributed by atoms with Crippen LogP contribution in [0.5, 0.6) is 0 Å². The summed E-state index contributed by atoms with van der Waals surface area (Å²) in [4.78, 5) is 17.4. The average molecular weight is 366 g/mol. The number of nitrogens with zero attached hydrogens (tertiary/aromatic N) is 4. The van der Waals surface area contributed by atoms with Gasteiger partial charge in [-0.1, -0.05) is 12.1 Å². The van der Waals surface area contributed by atoms with E-state index in [0.29, 0.717) is 17.1 Å². The molecule has 0 bridgehead atoms. The molecular weight excluding hydrogens is 352 g/mol. The van der Waals surface area contributed by atoms with Crippen molar-refractivity contribution in [1.82, 2.24) is 19.7 Å². The minimum absolute atomic E-state index is 0.0628. The van der Waals surface area contributed by atoms with Gasteiger partial charge in [0, 0.05) is 31.4 Å². The molecule has 26 heavy (non-hydrogen) atoms. The molecule has 0 N–H and O–H groups in total. The number of pyridine rings is 1. The van der Waals surface area contributed by atoms with Gasteiger partial charge in [-0.05, 0) is 12.1 Å². The number of carbonyl (C=O) groups is 1. The van der Waals surface area contributed by atoms with Crippen LogP contribution >= 0.6 is 0 Å². The van der Waals surface area contributed by atoms with E-state index in [2.05, 4.69) is 10.1 Å². The molecule has 1 aromatic carbocycles. The molecule has 9 heteroatoms. The number of aromatic nitrogens is 3. The second-order valence-electron chi connectivity index (χ2n) is 5.88. The summed E-state index contributed by atoms with van der Waals surface area (Å²) in [6.07, 6.45) is -2.08. The molecule has 0 atom stereocenters. The van der Waals surface area contributed by atoms with Gasteiger partial charge in [-0.15, -0.1) is 0 Å². The lowest BCUT2D eigenvalue weighted by Gasteiger charge is -2.12. The second-order valence-corrected chi connectivity index (χ2v) is 5.88. The Balaban J connectivity index is 2.09. The van der Waals surface area contributed by atoms with E-state index in [1.165, 1.54) is 34.1 Å². The Morgan fingerprint density at radius 3 is 2.62 bits per heavy atom. The summed E-state index contributed by atoms with van der Waals surface area (Å²) in [5.74, 6) is -1.58. The quantitative estimate of drug-likeness (QED) is 0.668. The molecule has 0 radical (unpaired) electrons. The van der Waals surface area contributed by atoms with Gasteiger partial charge in [0.15, 0.2) is 0 Å². The molecule has 0 aliphatic carbocycles. The maximum atomic E-state index is 14.4. The number of benzene rings is 1. The van der Waals surface area contributed by atoms with Gasteiger partial charge in [-0.3, -0.25) is 14.5 Å². The Hall–Kier alpha value is -2.97. The standard InChI is InChI=1S/C17H14F4N4O/c1-24(2)15(26)9-25-14-6-10(7-22-13(14)8-23-25)11-4-3-5-12(16(11)18)17(19,20)21/h3-8H,9H2,1-2H3. The maximum absolute atomic E-state index is 14.4. The number of fused-ring (bicyclic) bond motifs is 1. The molecule has 0 spiro atoms. The lowest BCUT2D eigenvalue weighted by Crippen LogP contribution is -2.26. The van der Waals surface area contributed by atoms with E-state index < -0.39 is 17.6 Å². The molecule has 1 amide bonds. The van der Waals surface area contributed by atoms with E-state index in [9.17, 15) is 22.4 Å². The molecule has 0 fully saturated rings. The minimum Gasteiger partial charge on any atom is -0.347 e. The second kappa shape index (κ2) is 6.40. The SMILES string of the molecule is CN(C)C(=O)Cn1ncc2ncc(-c3cccc(C(F)(F)F)c3F)cc21. The fourth-order valence-corrected chi connectivity index (χ4v) is 2.47. The first kappa shape index (κ1) is 17.8. The van der Waals surface area contributed by atoms with Crippen LogP contribution in [0.3, 0.4) is 0 Å². The highest BCUT2D eigenvalue weighted by atomic mass is 19.4. The van der Waals surface area contributed by atoms with Crippen LogP contribution < -0.4 is 0 Å². The molecule has 0 saturated carbocycles. The summed E-state index contributed by atoms with van der Waals surface area (Å²) in [6, 6.07) is 4.54. The molecule has 3 rings (SSSR count). The molecule has 0 saturated heterocycles. The summed E-state index contributed by atoms with van der Waals surface area (Å²) >= 11 is 0. The van der Waals surface area contributed by atoms with Crippen molar-refractivity contribution in [2.75, 3.05) is 14.1 Å². The zero-order chi connectivity index (χ0) is 19.1. The molecule has 2 heterocycles. The first-order chi connectivity index (χ1) is 12.2. The molecule has 5 nitrogen and oxygen atoms in total. The largest absolute Gasteiger partial charge is 0.419 e. The van der Waals surface area contributed by atoms with Crippen molar-refractivity contribution in [3.05, 3.63) is 48.0 Å². The number of rotatable bonds is 3. The average Bonchev–Trinajstić information content (AvgIpc) is 2.96. The van der Waals surface area contributed by atoms with Gasteiger partial charge in [0.1, 0.15) is 17.9 Å². The van der Waals surface area contributed by atoms with Crippen molar-refractivity contribution in [3.8, 4) is 11.1 Å². The first-order valence-corrected chi connectivity index (χ1v) is 7.56. The van der Waals surface area contributed by atoms with Gasteiger partial charge < -0.3 is 4.90 Å². The number of hydrogen-bond donors (Lipinski definition) is 0. The minimum atomic E-state index is -4.79. The number of alkyl halides is 3. The van der Waals surface area contributed by atoms with Crippen LogP contribution in [0.1, 0.15) is 5.56 Å². The summed E-state index contributed by atoms with van der Waals surface area (Å²) in [6.45, 7) is -0.0628. The molecule has 0 aliphatic rings. The summed E-state index contributed by atoms with van der Waals surface area (Å²) in [7, 11) is 3.19. The summed E-state index contributed by atoms with van der Waals surface area (Å²) in [5, 5.41) is 4.06. The zero-order valence-electron chi connectivity index (χ0n) is 13.9. The first-order valence-electron chi connectivity index (χ1n) is 7.56. The Morgan fingerprint density at radius 2 is 1.96 bits per heavy atom. The van der Waals surface area contributed by atoms with E-state index in [1.54, 1.807) is 14.1 Å². The highest BCUT2D eigenvalue weighted by Gasteiger charge is 2.35. The summed E-state index contributed by atoms with van der Waals surface area (Å²) < 4.78 is 54.5. The van der Waals surface area contributed by atoms with Crippen LogP contribution in [0.25, 0.3) is 22.2 Å². The van der Waals surface area contributed by atoms with Gasteiger partial charge in [0.25, 0.3) is 0 Å². The Kier molecular flexibility index (Phi) is 4.39. The predicted octanol–water partition coefficient (Wildman–Crippen LogP) is 3.34. The van der Waals surface area contributed by atoms with Gasteiger partial charge in [-0.25, -0.2) is 4.39 Å². The van der Waals surface area contributed by atoms with Crippen LogP contribution in [0, 0.1) is 5.82 Å². The Bertz CT molecular complexity index is 979. The van der Waals surface area contributed by atoms with Crippen LogP contribution in [0.4, 0.5) is 17.6 Å². The normalized spacial score (nSPS) is 11.8. The molecular formula is C17H14F4N4O. The topological polar surface area (TPSA) is 51.0 Å². The van der Waals surface area contributed by atoms with E-state index in [-0.39, 0.29) is 23.6 Å². The van der Waals surface area contributed by atoms with E-state index in [4.69, 9.17) is 0 Å². The van der Waals surface area contributed by atoms with Gasteiger partial charge >= 0.3 is 6.18 Å². The van der Waals surface area contributed by atoms with E-state index in [0.717, 1.165) is 6.07 Å². The third-order valence-corrected chi connectivity index (χ3v) is 3.89. The van der Waals surface area contributed by atoms with Gasteiger partial charge in [0.05, 0.1) is 17.3 Å². The lowest BCUT2D eigenvalue weighted by atomic mass is 10.0. The van der Waals surface area contributed by atoms with Gasteiger partial charge in [0.2, 0.25) is 5.91 Å². The Morgan fingerprint density at radius 1 is 1.23 bits per heavy atom. The molecule has 0 aliphatic heterocycles. The van der Waals surface area contributed by atoms with Crippen LogP contribution in [-0.2, 0) is 17.5 Å². The number of halogens is 4. The van der Waals surface area contributed by atoms with Crippen molar-refractivity contribution in [2.24, 2.45) is 0 Å². The van der Waals surface area contributed by atoms with Crippen molar-refractivity contribution in [1.29, 1.82) is 0 Å². The van der Waals surface area contributed by atoms with Crippen molar-refractivity contribution in [2.45, 2.75) is 12.7 Å². The highest BCUT2D eigenvalue weighted by Crippen LogP contribution is 2.35. The fourth-order valence-electron chi connectivity index (χ4n) is 2.47. The third kappa shape index (κ3) is 3.24. The predicted molar refractivity (Wildman–Crippen MR) is 86.6 cm³/mol. The molecule has 0 unspecified atom stereocenters. The number of likely N-dealkylation sites (N-methyl/N-ethyl adjacent to an activating group) is 1. The highest BCUT2D eigenvalue weighted by molar-refractivity contribution is 5.83. The fraction of sp³-hybridized carbons (Fsp3) is 0.235. The lowest BCUT2D eigenvalue weighted by molar-refractivity contribution is -0.140. The van der Waals surface area contributed by atoms with Gasteiger partial charge in [-0.2, -0.15) is 18.3 Å². The van der Waals surface area contributed by atoms with Crippen LogP contribution in [0.2, 0.25) is 0 Å². The summed E-state index contributed by atoms with van der Waals surface area (Å²) in [5.41, 5.74) is -0.519. The van der Waals surface area contributed by atoms with Crippen molar-refractivity contribution >= 4 is 16.9 Å². The molecule has 2 aromatic heterocycles. The van der Waals surface area contributed by atoms with Crippen molar-refractivity contribution in [3.63, 3.8) is 0 Å². The Labute approximate surface area is 145 Å². The van der Waals surface area contributed by atoms with E-state index in [1.807, 2.05) is 0 Å². The smallest absolute Gasteiger partial charge is 0.347 e. The molecule has 3 aromatic rings. The maximum Gasteiger partial charge on any atom is 0.419 e. The number of amides is 1.